The van der Waals surface area contributed by atoms with Crippen LogP contribution >= 0.6 is 0 Å². The van der Waals surface area contributed by atoms with E-state index >= 15 is 0 Å². The number of rotatable bonds is 2. The summed E-state index contributed by atoms with van der Waals surface area (Å²) in [6.45, 7) is 4.47. The van der Waals surface area contributed by atoms with Gasteiger partial charge in [-0.25, -0.2) is 9.97 Å². The molecule has 0 amide bonds. The summed E-state index contributed by atoms with van der Waals surface area (Å²) >= 11 is 0. The number of H-pyrrole nitrogens is 1. The van der Waals surface area contributed by atoms with Crippen LogP contribution in [0.1, 0.15) is 12.5 Å². The lowest BCUT2D eigenvalue weighted by atomic mass is 10.1. The molecule has 1 aliphatic rings. The fourth-order valence-corrected chi connectivity index (χ4v) is 2.55. The van der Waals surface area contributed by atoms with Crippen molar-refractivity contribution in [2.75, 3.05) is 18.8 Å². The minimum Gasteiger partial charge on any atom is -0.391 e. The lowest BCUT2D eigenvalue weighted by Gasteiger charge is -2.13. The number of aromatic nitrogens is 3. The van der Waals surface area contributed by atoms with E-state index in [1.54, 1.807) is 0 Å². The van der Waals surface area contributed by atoms with Gasteiger partial charge in [-0.1, -0.05) is 6.92 Å². The lowest BCUT2D eigenvalue weighted by Crippen LogP contribution is -2.21. The molecule has 18 heavy (non-hydrogen) atoms. The van der Waals surface area contributed by atoms with Crippen LogP contribution in [0.4, 0.5) is 5.82 Å². The van der Waals surface area contributed by atoms with Gasteiger partial charge in [0.2, 0.25) is 0 Å². The van der Waals surface area contributed by atoms with Gasteiger partial charge in [-0.3, -0.25) is 4.90 Å². The summed E-state index contributed by atoms with van der Waals surface area (Å²) in [5.74, 6) is 0.802. The normalized spacial score (nSPS) is 25.0. The first-order valence-electron chi connectivity index (χ1n) is 6.12. The van der Waals surface area contributed by atoms with Crippen LogP contribution in [0.25, 0.3) is 11.0 Å². The topological polar surface area (TPSA) is 91.1 Å². The molecule has 1 fully saturated rings. The van der Waals surface area contributed by atoms with Crippen LogP contribution in [0.15, 0.2) is 12.5 Å². The molecule has 2 aromatic rings. The average Bonchev–Trinajstić information content (AvgIpc) is 2.86. The van der Waals surface area contributed by atoms with Gasteiger partial charge >= 0.3 is 0 Å². The predicted octanol–water partition coefficient (Wildman–Crippen LogP) is 0.353. The summed E-state index contributed by atoms with van der Waals surface area (Å²) in [5.41, 5.74) is 8.55. The Balaban J connectivity index is 1.85. The Morgan fingerprint density at radius 3 is 3.06 bits per heavy atom. The standard InChI is InChI=1S/C12H17N5O/c1-7-3-17(5-9(7)18)4-8-2-14-11-10(8)15-6-16-12(11)13/h2,6-7,9,14,18H,3-5H2,1H3,(H2,13,15,16)/t7-,9-/m0/s1. The van der Waals surface area contributed by atoms with Gasteiger partial charge in [-0.05, 0) is 5.92 Å². The molecule has 0 unspecified atom stereocenters. The Labute approximate surface area is 105 Å². The fraction of sp³-hybridized carbons (Fsp3) is 0.500. The van der Waals surface area contributed by atoms with Gasteiger partial charge in [0, 0.05) is 31.4 Å². The van der Waals surface area contributed by atoms with E-state index in [9.17, 15) is 5.11 Å². The van der Waals surface area contributed by atoms with Gasteiger partial charge in [0.1, 0.15) is 11.8 Å². The van der Waals surface area contributed by atoms with Gasteiger partial charge in [0.25, 0.3) is 0 Å². The Bertz CT molecular complexity index is 557. The lowest BCUT2D eigenvalue weighted by molar-refractivity contribution is 0.147. The number of hydrogen-bond donors (Lipinski definition) is 3. The van der Waals surface area contributed by atoms with Gasteiger partial charge in [0.05, 0.1) is 11.6 Å². The largest absolute Gasteiger partial charge is 0.391 e. The molecule has 0 aliphatic carbocycles. The van der Waals surface area contributed by atoms with E-state index in [0.717, 1.165) is 29.7 Å². The maximum Gasteiger partial charge on any atom is 0.151 e. The molecule has 2 aromatic heterocycles. The maximum absolute atomic E-state index is 9.76. The second kappa shape index (κ2) is 4.22. The maximum atomic E-state index is 9.76. The van der Waals surface area contributed by atoms with Crippen molar-refractivity contribution >= 4 is 16.9 Å². The van der Waals surface area contributed by atoms with Crippen LogP contribution < -0.4 is 5.73 Å². The van der Waals surface area contributed by atoms with Gasteiger partial charge in [0.15, 0.2) is 5.82 Å². The van der Waals surface area contributed by atoms with Gasteiger partial charge in [-0.15, -0.1) is 0 Å². The first-order valence-corrected chi connectivity index (χ1v) is 6.12. The van der Waals surface area contributed by atoms with Crippen molar-refractivity contribution in [2.24, 2.45) is 5.92 Å². The molecule has 0 aromatic carbocycles. The highest BCUT2D eigenvalue weighted by Crippen LogP contribution is 2.23. The zero-order chi connectivity index (χ0) is 12.7. The molecule has 3 heterocycles. The number of nitrogens with zero attached hydrogens (tertiary/aromatic N) is 3. The van der Waals surface area contributed by atoms with Crippen molar-refractivity contribution < 1.29 is 5.11 Å². The van der Waals surface area contributed by atoms with Crippen LogP contribution in [-0.4, -0.2) is 44.2 Å². The highest BCUT2D eigenvalue weighted by atomic mass is 16.3. The van der Waals surface area contributed by atoms with Crippen LogP contribution in [-0.2, 0) is 6.54 Å². The fourth-order valence-electron chi connectivity index (χ4n) is 2.55. The van der Waals surface area contributed by atoms with Gasteiger partial charge < -0.3 is 15.8 Å². The van der Waals surface area contributed by atoms with Gasteiger partial charge in [-0.2, -0.15) is 0 Å². The molecule has 6 heteroatoms. The van der Waals surface area contributed by atoms with Crippen molar-refractivity contribution in [2.45, 2.75) is 19.6 Å². The molecule has 0 saturated carbocycles. The summed E-state index contributed by atoms with van der Waals surface area (Å²) in [6.07, 6.45) is 3.18. The van der Waals surface area contributed by atoms with E-state index in [4.69, 9.17) is 5.73 Å². The van der Waals surface area contributed by atoms with Crippen LogP contribution in [0.3, 0.4) is 0 Å². The number of nitrogens with one attached hydrogen (secondary N) is 1. The number of nitrogen functional groups attached to an aromatic ring is 1. The summed E-state index contributed by atoms with van der Waals surface area (Å²) in [4.78, 5) is 13.6. The number of aromatic amines is 1. The molecule has 0 radical (unpaired) electrons. The molecule has 4 N–H and O–H groups in total. The average molecular weight is 247 g/mol. The smallest absolute Gasteiger partial charge is 0.151 e. The zero-order valence-corrected chi connectivity index (χ0v) is 10.3. The van der Waals surface area contributed by atoms with E-state index in [-0.39, 0.29) is 6.10 Å². The van der Waals surface area contributed by atoms with Crippen molar-refractivity contribution in [3.8, 4) is 0 Å². The third kappa shape index (κ3) is 1.83. The van der Waals surface area contributed by atoms with E-state index < -0.39 is 0 Å². The van der Waals surface area contributed by atoms with Crippen LogP contribution in [0.5, 0.6) is 0 Å². The minimum absolute atomic E-state index is 0.227. The molecule has 3 rings (SSSR count). The quantitative estimate of drug-likeness (QED) is 0.712. The highest BCUT2D eigenvalue weighted by Gasteiger charge is 2.28. The highest BCUT2D eigenvalue weighted by molar-refractivity contribution is 5.86. The number of anilines is 1. The van der Waals surface area contributed by atoms with Crippen LogP contribution in [0, 0.1) is 5.92 Å². The summed E-state index contributed by atoms with van der Waals surface area (Å²) in [6, 6.07) is 0. The summed E-state index contributed by atoms with van der Waals surface area (Å²) in [5, 5.41) is 9.76. The van der Waals surface area contributed by atoms with Crippen molar-refractivity contribution in [3.63, 3.8) is 0 Å². The Kier molecular flexibility index (Phi) is 2.68. The number of hydrogen-bond acceptors (Lipinski definition) is 5. The first kappa shape index (κ1) is 11.4. The molecule has 2 atom stereocenters. The molecule has 0 bridgehead atoms. The number of β-amino-alcohol motifs (C(OH)–C–C–N with tert-alkyl or cyclic N) is 1. The molecule has 1 aliphatic heterocycles. The number of nitrogens with two attached hydrogens (primary N) is 1. The summed E-state index contributed by atoms with van der Waals surface area (Å²) in [7, 11) is 0. The Morgan fingerprint density at radius 1 is 1.50 bits per heavy atom. The number of likely N-dealkylation sites (tertiary alicyclic amines) is 1. The van der Waals surface area contributed by atoms with E-state index in [1.807, 2.05) is 6.20 Å². The monoisotopic (exact) mass is 247 g/mol. The minimum atomic E-state index is -0.227. The van der Waals surface area contributed by atoms with Crippen molar-refractivity contribution in [1.29, 1.82) is 0 Å². The van der Waals surface area contributed by atoms with Crippen molar-refractivity contribution in [3.05, 3.63) is 18.1 Å². The third-order valence-electron chi connectivity index (χ3n) is 3.61. The van der Waals surface area contributed by atoms with Crippen molar-refractivity contribution in [1.82, 2.24) is 19.9 Å². The van der Waals surface area contributed by atoms with E-state index in [0.29, 0.717) is 18.3 Å². The second-order valence-corrected chi connectivity index (χ2v) is 5.04. The van der Waals surface area contributed by atoms with Crippen LogP contribution in [0.2, 0.25) is 0 Å². The molecule has 96 valence electrons. The second-order valence-electron chi connectivity index (χ2n) is 5.04. The molecule has 1 saturated heterocycles. The predicted molar refractivity (Wildman–Crippen MR) is 68.7 cm³/mol. The summed E-state index contributed by atoms with van der Waals surface area (Å²) < 4.78 is 0. The third-order valence-corrected chi connectivity index (χ3v) is 3.61. The molecule has 6 nitrogen and oxygen atoms in total. The molecular weight excluding hydrogens is 230 g/mol. The van der Waals surface area contributed by atoms with E-state index in [2.05, 4.69) is 26.8 Å². The van der Waals surface area contributed by atoms with E-state index in [1.165, 1.54) is 6.33 Å². The molecular formula is C12H17N5O. The Hall–Kier alpha value is -1.66. The first-order chi connectivity index (χ1) is 8.65. The Morgan fingerprint density at radius 2 is 2.33 bits per heavy atom. The number of aliphatic hydroxyl groups is 1. The number of fused-ring (bicyclic) bond motifs is 1. The number of aliphatic hydroxyl groups excluding tert-OH is 1. The molecule has 0 spiro atoms. The zero-order valence-electron chi connectivity index (χ0n) is 10.3. The SMILES string of the molecule is C[C@H]1CN(Cc2c[nH]c3c(N)ncnc23)C[C@@H]1O.